The predicted octanol–water partition coefficient (Wildman–Crippen LogP) is 3.92. The first-order valence-corrected chi connectivity index (χ1v) is 9.16. The van der Waals surface area contributed by atoms with Gasteiger partial charge in [0.2, 0.25) is 0 Å². The number of anilines is 3. The number of benzene rings is 2. The fraction of sp³-hybridized carbons (Fsp3) is 0.273. The number of halogens is 2. The minimum Gasteiger partial charge on any atom is -0.496 e. The van der Waals surface area contributed by atoms with Gasteiger partial charge in [-0.05, 0) is 30.4 Å². The summed E-state index contributed by atoms with van der Waals surface area (Å²) in [6, 6.07) is 3.99. The lowest BCUT2D eigenvalue weighted by molar-refractivity contribution is -0.0502. The molecule has 0 unspecified atom stereocenters. The Labute approximate surface area is 194 Å². The molecule has 0 saturated heterocycles. The van der Waals surface area contributed by atoms with Gasteiger partial charge in [0.05, 0.1) is 30.1 Å². The minimum atomic E-state index is -3.49. The van der Waals surface area contributed by atoms with Crippen molar-refractivity contribution in [2.45, 2.75) is 25.4 Å². The van der Waals surface area contributed by atoms with Crippen LogP contribution in [0.3, 0.4) is 0 Å². The van der Waals surface area contributed by atoms with Gasteiger partial charge >= 0.3 is 6.61 Å². The molecule has 1 aromatic heterocycles. The van der Waals surface area contributed by atoms with Gasteiger partial charge in [0, 0.05) is 48.1 Å². The molecule has 0 radical (unpaired) electrons. The van der Waals surface area contributed by atoms with Crippen molar-refractivity contribution >= 4 is 23.0 Å². The number of nitrogen functional groups attached to an aromatic ring is 1. The molecule has 3 aromatic rings. The average molecular weight is 452 g/mol. The zero-order chi connectivity index (χ0) is 29.8. The first-order valence-electron chi connectivity index (χ1n) is 13.2. The van der Waals surface area contributed by atoms with E-state index >= 15 is 0 Å². The molecule has 32 heavy (non-hydrogen) atoms. The highest BCUT2D eigenvalue weighted by atomic mass is 19.3. The highest BCUT2D eigenvalue weighted by molar-refractivity contribution is 6.01. The largest absolute Gasteiger partial charge is 0.496 e. The standard InChI is InChI=1S/C22H23F2N5O3/c1-29-11-13(10-26-29)12-3-6-17(16(25)7-12)27-15-8-18(31-2)20(19(9-15)32-22(23)24)21(30)28-14-4-5-14/h3,6-11,14,22,27H,4-5,25H2,1-2H3,(H,28,30)/i2D3,4D2,5D2,14D. The van der Waals surface area contributed by atoms with E-state index in [4.69, 9.17) is 21.4 Å². The number of rotatable bonds is 8. The van der Waals surface area contributed by atoms with Crippen molar-refractivity contribution in [2.24, 2.45) is 7.05 Å². The first-order chi connectivity index (χ1) is 18.4. The Bertz CT molecular complexity index is 1450. The lowest BCUT2D eigenvalue weighted by Gasteiger charge is -2.18. The van der Waals surface area contributed by atoms with Crippen LogP contribution in [0.1, 0.15) is 34.1 Å². The summed E-state index contributed by atoms with van der Waals surface area (Å²) in [6.07, 6.45) is -2.27. The summed E-state index contributed by atoms with van der Waals surface area (Å²) in [6.45, 7) is -3.49. The van der Waals surface area contributed by atoms with Gasteiger partial charge in [-0.3, -0.25) is 9.48 Å². The van der Waals surface area contributed by atoms with Crippen molar-refractivity contribution in [3.8, 4) is 22.6 Å². The highest BCUT2D eigenvalue weighted by Gasteiger charge is 2.28. The van der Waals surface area contributed by atoms with Gasteiger partial charge in [-0.15, -0.1) is 0 Å². The van der Waals surface area contributed by atoms with Gasteiger partial charge in [0.25, 0.3) is 5.91 Å². The van der Waals surface area contributed by atoms with E-state index in [1.165, 1.54) is 0 Å². The molecule has 4 N–H and O–H groups in total. The third-order valence-electron chi connectivity index (χ3n) is 4.48. The maximum absolute atomic E-state index is 13.3. The van der Waals surface area contributed by atoms with Gasteiger partial charge in [-0.25, -0.2) is 0 Å². The molecule has 1 heterocycles. The molecule has 4 rings (SSSR count). The number of aryl methyl sites for hydroxylation is 1. The van der Waals surface area contributed by atoms with Crippen LogP contribution >= 0.6 is 0 Å². The van der Waals surface area contributed by atoms with E-state index in [1.807, 2.05) is 5.32 Å². The summed E-state index contributed by atoms with van der Waals surface area (Å²) in [5.74, 6) is -3.14. The molecule has 1 fully saturated rings. The number of methoxy groups -OCH3 is 1. The Morgan fingerprint density at radius 3 is 2.75 bits per heavy atom. The van der Waals surface area contributed by atoms with E-state index in [9.17, 15) is 13.6 Å². The molecule has 2 aromatic carbocycles. The maximum atomic E-state index is 13.3. The fourth-order valence-corrected chi connectivity index (χ4v) is 3.01. The number of nitrogens with one attached hydrogen (secondary N) is 2. The molecule has 8 nitrogen and oxygen atoms in total. The molecule has 1 saturated carbocycles. The summed E-state index contributed by atoms with van der Waals surface area (Å²) >= 11 is 0. The molecule has 0 aliphatic heterocycles. The number of amides is 1. The topological polar surface area (TPSA) is 103 Å². The SMILES string of the molecule is [2H]C([2H])([2H])Oc1cc(Nc2ccc(-c3cnn(C)c3)cc2N)cc(OC(F)F)c1C(=O)NC1([2H])C([2H])([2H])C1([2H])[2H]. The number of hydrogen-bond acceptors (Lipinski definition) is 6. The van der Waals surface area contributed by atoms with Crippen LogP contribution in [0.4, 0.5) is 25.8 Å². The first kappa shape index (κ1) is 13.6. The third kappa shape index (κ3) is 4.74. The van der Waals surface area contributed by atoms with E-state index in [0.717, 1.165) is 23.3 Å². The van der Waals surface area contributed by atoms with Crippen LogP contribution in [0.2, 0.25) is 0 Å². The van der Waals surface area contributed by atoms with Crippen molar-refractivity contribution in [3.63, 3.8) is 0 Å². The molecule has 1 aliphatic carbocycles. The molecule has 0 bridgehead atoms. The van der Waals surface area contributed by atoms with Gasteiger partial charge in [0.15, 0.2) is 0 Å². The summed E-state index contributed by atoms with van der Waals surface area (Å²) < 4.78 is 98.7. The maximum Gasteiger partial charge on any atom is 0.387 e. The number of ether oxygens (including phenoxy) is 2. The number of nitrogens with zero attached hydrogens (tertiary/aromatic N) is 2. The Kier molecular flexibility index (Phi) is 3.70. The third-order valence-corrected chi connectivity index (χ3v) is 4.48. The Balaban J connectivity index is 1.74. The average Bonchev–Trinajstić information content (AvgIpc) is 3.11. The van der Waals surface area contributed by atoms with Crippen molar-refractivity contribution in [1.29, 1.82) is 0 Å². The molecule has 1 amide bonds. The lowest BCUT2D eigenvalue weighted by Crippen LogP contribution is -2.26. The molecular weight excluding hydrogens is 420 g/mol. The summed E-state index contributed by atoms with van der Waals surface area (Å²) in [5, 5.41) is 8.72. The second-order valence-corrected chi connectivity index (χ2v) is 6.74. The van der Waals surface area contributed by atoms with E-state index in [2.05, 4.69) is 15.2 Å². The van der Waals surface area contributed by atoms with Crippen molar-refractivity contribution in [1.82, 2.24) is 15.1 Å². The second kappa shape index (κ2) is 8.74. The quantitative estimate of drug-likeness (QED) is 0.449. The second-order valence-electron chi connectivity index (χ2n) is 6.74. The molecule has 10 heteroatoms. The lowest BCUT2D eigenvalue weighted by atomic mass is 10.1. The number of carbonyl (C=O) groups is 1. The van der Waals surface area contributed by atoms with Crippen molar-refractivity contribution in [2.75, 3.05) is 18.1 Å². The van der Waals surface area contributed by atoms with E-state index in [-0.39, 0.29) is 17.1 Å². The summed E-state index contributed by atoms with van der Waals surface area (Å²) in [4.78, 5) is 13.1. The van der Waals surface area contributed by atoms with Crippen LogP contribution in [-0.4, -0.2) is 35.4 Å². The number of hydrogen-bond donors (Lipinski definition) is 3. The van der Waals surface area contributed by atoms with E-state index in [1.54, 1.807) is 42.3 Å². The molecule has 168 valence electrons. The minimum absolute atomic E-state index is 0.0788. The van der Waals surface area contributed by atoms with Crippen LogP contribution in [0, 0.1) is 0 Å². The number of nitrogens with two attached hydrogens (primary N) is 1. The van der Waals surface area contributed by atoms with Gasteiger partial charge < -0.3 is 25.8 Å². The molecule has 1 aliphatic rings. The smallest absolute Gasteiger partial charge is 0.387 e. The zero-order valence-electron chi connectivity index (χ0n) is 24.6. The number of aromatic nitrogens is 2. The predicted molar refractivity (Wildman–Crippen MR) is 116 cm³/mol. The Morgan fingerprint density at radius 2 is 2.12 bits per heavy atom. The van der Waals surface area contributed by atoms with Crippen LogP contribution in [-0.2, 0) is 7.05 Å². The Morgan fingerprint density at radius 1 is 1.34 bits per heavy atom. The van der Waals surface area contributed by atoms with Crippen LogP contribution in [0.5, 0.6) is 11.5 Å². The van der Waals surface area contributed by atoms with Crippen molar-refractivity contribution in [3.05, 3.63) is 48.3 Å². The zero-order valence-corrected chi connectivity index (χ0v) is 16.6. The molecule has 0 spiro atoms. The van der Waals surface area contributed by atoms with Gasteiger partial charge in [-0.1, -0.05) is 6.07 Å². The monoisotopic (exact) mass is 451 g/mol. The van der Waals surface area contributed by atoms with Crippen molar-refractivity contribution < 1.29 is 34.0 Å². The Hall–Kier alpha value is -3.82. The number of alkyl halides is 2. The normalized spacial score (nSPS) is 21.4. The fourth-order valence-electron chi connectivity index (χ4n) is 3.01. The van der Waals surface area contributed by atoms with Crippen LogP contribution in [0.25, 0.3) is 11.1 Å². The van der Waals surface area contributed by atoms with E-state index in [0.29, 0.717) is 0 Å². The summed E-state index contributed by atoms with van der Waals surface area (Å²) in [5.41, 5.74) is 7.15. The van der Waals surface area contributed by atoms with Gasteiger partial charge in [-0.2, -0.15) is 13.9 Å². The van der Waals surface area contributed by atoms with Crippen LogP contribution < -0.4 is 25.8 Å². The van der Waals surface area contributed by atoms with Crippen LogP contribution in [0.15, 0.2) is 42.7 Å². The highest BCUT2D eigenvalue weighted by Crippen LogP contribution is 2.37. The molecule has 0 atom stereocenters. The van der Waals surface area contributed by atoms with E-state index < -0.39 is 55.4 Å². The number of carbonyl (C=O) groups excluding carboxylic acids is 1. The molecular formula is C22H23F2N5O3. The van der Waals surface area contributed by atoms with Gasteiger partial charge in [0.1, 0.15) is 17.1 Å². The summed E-state index contributed by atoms with van der Waals surface area (Å²) in [7, 11) is -1.44.